The van der Waals surface area contributed by atoms with Gasteiger partial charge < -0.3 is 9.47 Å². The Balaban J connectivity index is 2.48. The highest BCUT2D eigenvalue weighted by Gasteiger charge is 2.55. The van der Waals surface area contributed by atoms with Crippen LogP contribution < -0.4 is 0 Å². The van der Waals surface area contributed by atoms with E-state index in [9.17, 15) is 14.4 Å². The van der Waals surface area contributed by atoms with Crippen LogP contribution in [0.2, 0.25) is 0 Å². The third-order valence-corrected chi connectivity index (χ3v) is 3.84. The van der Waals surface area contributed by atoms with Gasteiger partial charge >= 0.3 is 5.97 Å². The summed E-state index contributed by atoms with van der Waals surface area (Å²) in [6, 6.07) is 0. The Morgan fingerprint density at radius 2 is 2.11 bits per heavy atom. The highest BCUT2D eigenvalue weighted by Crippen LogP contribution is 2.45. The Bertz CT molecular complexity index is 502. The number of carbonyl (C=O) groups is 3. The maximum atomic E-state index is 12.5. The van der Waals surface area contributed by atoms with E-state index in [1.165, 1.54) is 20.1 Å². The SMILES string of the molecule is COC1=CC(=O)[C@H]2CC=C[C@@H](OC(C)=O)[C@@]2(C)C1=O. The number of ether oxygens (including phenoxy) is 2. The number of carbonyl (C=O) groups excluding carboxylic acids is 3. The first-order valence-electron chi connectivity index (χ1n) is 6.09. The molecule has 0 fully saturated rings. The smallest absolute Gasteiger partial charge is 0.303 e. The number of allylic oxidation sites excluding steroid dienone is 3. The molecule has 2 rings (SSSR count). The van der Waals surface area contributed by atoms with Crippen molar-refractivity contribution in [1.29, 1.82) is 0 Å². The fourth-order valence-corrected chi connectivity index (χ4v) is 2.73. The molecule has 0 spiro atoms. The Kier molecular flexibility index (Phi) is 3.30. The lowest BCUT2D eigenvalue weighted by atomic mass is 9.61. The van der Waals surface area contributed by atoms with E-state index < -0.39 is 23.4 Å². The van der Waals surface area contributed by atoms with E-state index in [0.717, 1.165) is 0 Å². The van der Waals surface area contributed by atoms with E-state index >= 15 is 0 Å². The minimum Gasteiger partial charge on any atom is -0.493 e. The van der Waals surface area contributed by atoms with Crippen LogP contribution in [-0.2, 0) is 23.9 Å². The maximum absolute atomic E-state index is 12.5. The van der Waals surface area contributed by atoms with Gasteiger partial charge in [-0.3, -0.25) is 14.4 Å². The highest BCUT2D eigenvalue weighted by molar-refractivity contribution is 6.12. The fourth-order valence-electron chi connectivity index (χ4n) is 2.73. The van der Waals surface area contributed by atoms with Gasteiger partial charge in [0.15, 0.2) is 11.5 Å². The molecular weight excluding hydrogens is 248 g/mol. The van der Waals surface area contributed by atoms with Crippen molar-refractivity contribution in [1.82, 2.24) is 0 Å². The second-order valence-corrected chi connectivity index (χ2v) is 4.97. The van der Waals surface area contributed by atoms with E-state index in [1.807, 2.05) is 0 Å². The van der Waals surface area contributed by atoms with Crippen molar-refractivity contribution >= 4 is 17.5 Å². The number of fused-ring (bicyclic) bond motifs is 1. The molecule has 0 bridgehead atoms. The minimum atomic E-state index is -1.09. The molecule has 2 aliphatic carbocycles. The van der Waals surface area contributed by atoms with Gasteiger partial charge in [-0.15, -0.1) is 0 Å². The third-order valence-electron chi connectivity index (χ3n) is 3.84. The molecule has 0 aromatic heterocycles. The van der Waals surface area contributed by atoms with Crippen molar-refractivity contribution in [2.45, 2.75) is 26.4 Å². The predicted octanol–water partition coefficient (Wildman–Crippen LogP) is 1.18. The topological polar surface area (TPSA) is 69.7 Å². The number of ketones is 2. The van der Waals surface area contributed by atoms with Crippen molar-refractivity contribution in [2.75, 3.05) is 7.11 Å². The van der Waals surface area contributed by atoms with Crippen LogP contribution in [0.5, 0.6) is 0 Å². The Labute approximate surface area is 111 Å². The molecule has 0 heterocycles. The van der Waals surface area contributed by atoms with Gasteiger partial charge in [-0.25, -0.2) is 0 Å². The lowest BCUT2D eigenvalue weighted by Gasteiger charge is -2.43. The molecule has 0 aromatic carbocycles. The molecule has 2 aliphatic rings. The summed E-state index contributed by atoms with van der Waals surface area (Å²) < 4.78 is 10.2. The Hall–Kier alpha value is -1.91. The molecule has 102 valence electrons. The quantitative estimate of drug-likeness (QED) is 0.553. The van der Waals surface area contributed by atoms with E-state index in [0.29, 0.717) is 6.42 Å². The summed E-state index contributed by atoms with van der Waals surface area (Å²) in [5.41, 5.74) is -1.09. The zero-order valence-electron chi connectivity index (χ0n) is 11.1. The van der Waals surface area contributed by atoms with Crippen molar-refractivity contribution in [3.63, 3.8) is 0 Å². The molecule has 3 atom stereocenters. The first-order chi connectivity index (χ1) is 8.91. The van der Waals surface area contributed by atoms with Crippen molar-refractivity contribution < 1.29 is 23.9 Å². The number of methoxy groups -OCH3 is 1. The first kappa shape index (κ1) is 13.5. The molecule has 0 unspecified atom stereocenters. The normalized spacial score (nSPS) is 33.5. The standard InChI is InChI=1S/C14H16O5/c1-8(15)19-12-6-4-5-9-10(16)7-11(18-3)13(17)14(9,12)2/h4,6-7,9,12H,5H2,1-3H3/t9-,12-,14+/m1/s1. The number of Topliss-reactive ketones (excluding diaryl/α,β-unsaturated/α-hetero) is 1. The van der Waals surface area contributed by atoms with Crippen LogP contribution in [0.1, 0.15) is 20.3 Å². The van der Waals surface area contributed by atoms with Gasteiger partial charge in [0.2, 0.25) is 5.78 Å². The number of rotatable bonds is 2. The molecule has 19 heavy (non-hydrogen) atoms. The summed E-state index contributed by atoms with van der Waals surface area (Å²) in [7, 11) is 1.35. The van der Waals surface area contributed by atoms with Crippen molar-refractivity contribution in [3.05, 3.63) is 24.0 Å². The largest absolute Gasteiger partial charge is 0.493 e. The van der Waals surface area contributed by atoms with E-state index in [1.54, 1.807) is 19.1 Å². The number of hydrogen-bond acceptors (Lipinski definition) is 5. The van der Waals surface area contributed by atoms with Gasteiger partial charge in [-0.05, 0) is 19.4 Å². The average molecular weight is 264 g/mol. The van der Waals surface area contributed by atoms with Crippen LogP contribution in [0.15, 0.2) is 24.0 Å². The summed E-state index contributed by atoms with van der Waals surface area (Å²) in [6.07, 6.45) is 4.41. The summed E-state index contributed by atoms with van der Waals surface area (Å²) in [5.74, 6) is -1.43. The number of esters is 1. The Morgan fingerprint density at radius 1 is 1.42 bits per heavy atom. The monoisotopic (exact) mass is 264 g/mol. The molecule has 0 radical (unpaired) electrons. The summed E-state index contributed by atoms with van der Waals surface area (Å²) in [6.45, 7) is 2.93. The molecule has 0 saturated carbocycles. The van der Waals surface area contributed by atoms with Crippen LogP contribution >= 0.6 is 0 Å². The lowest BCUT2D eigenvalue weighted by Crippen LogP contribution is -2.53. The van der Waals surface area contributed by atoms with Gasteiger partial charge in [0.1, 0.15) is 6.10 Å². The zero-order valence-corrected chi connectivity index (χ0v) is 11.1. The van der Waals surface area contributed by atoms with Crippen LogP contribution in [-0.4, -0.2) is 30.7 Å². The zero-order chi connectivity index (χ0) is 14.2. The average Bonchev–Trinajstić information content (AvgIpc) is 2.35. The summed E-state index contributed by atoms with van der Waals surface area (Å²) >= 11 is 0. The van der Waals surface area contributed by atoms with Crippen molar-refractivity contribution in [2.24, 2.45) is 11.3 Å². The summed E-state index contributed by atoms with van der Waals surface area (Å²) in [5, 5.41) is 0. The van der Waals surface area contributed by atoms with E-state index in [-0.39, 0.29) is 17.3 Å². The highest BCUT2D eigenvalue weighted by atomic mass is 16.5. The predicted molar refractivity (Wildman–Crippen MR) is 66.0 cm³/mol. The Morgan fingerprint density at radius 3 is 2.68 bits per heavy atom. The second-order valence-electron chi connectivity index (χ2n) is 4.97. The lowest BCUT2D eigenvalue weighted by molar-refractivity contribution is -0.160. The number of hydrogen-bond donors (Lipinski definition) is 0. The molecule has 5 nitrogen and oxygen atoms in total. The van der Waals surface area contributed by atoms with Gasteiger partial charge in [-0.2, -0.15) is 0 Å². The van der Waals surface area contributed by atoms with Crippen LogP contribution in [0.4, 0.5) is 0 Å². The molecule has 0 aromatic rings. The van der Waals surface area contributed by atoms with Gasteiger partial charge in [0.05, 0.1) is 12.5 Å². The molecule has 5 heteroatoms. The molecule has 0 N–H and O–H groups in total. The second kappa shape index (κ2) is 4.64. The van der Waals surface area contributed by atoms with E-state index in [4.69, 9.17) is 9.47 Å². The van der Waals surface area contributed by atoms with E-state index in [2.05, 4.69) is 0 Å². The van der Waals surface area contributed by atoms with Crippen LogP contribution in [0.3, 0.4) is 0 Å². The van der Waals surface area contributed by atoms with Gasteiger partial charge in [0, 0.05) is 18.9 Å². The molecule has 0 amide bonds. The van der Waals surface area contributed by atoms with Crippen molar-refractivity contribution in [3.8, 4) is 0 Å². The fraction of sp³-hybridized carbons (Fsp3) is 0.500. The summed E-state index contributed by atoms with van der Waals surface area (Å²) in [4.78, 5) is 35.7. The van der Waals surface area contributed by atoms with Gasteiger partial charge in [0.25, 0.3) is 0 Å². The molecule has 0 saturated heterocycles. The minimum absolute atomic E-state index is 0.0243. The third kappa shape index (κ3) is 1.99. The van der Waals surface area contributed by atoms with Crippen LogP contribution in [0, 0.1) is 11.3 Å². The molecular formula is C14H16O5. The first-order valence-corrected chi connectivity index (χ1v) is 6.09. The van der Waals surface area contributed by atoms with Crippen LogP contribution in [0.25, 0.3) is 0 Å². The van der Waals surface area contributed by atoms with Gasteiger partial charge in [-0.1, -0.05) is 6.08 Å². The molecule has 0 aliphatic heterocycles. The maximum Gasteiger partial charge on any atom is 0.303 e.